The summed E-state index contributed by atoms with van der Waals surface area (Å²) in [5.74, 6) is 5.59. The van der Waals surface area contributed by atoms with Crippen molar-refractivity contribution >= 4 is 23.3 Å². The summed E-state index contributed by atoms with van der Waals surface area (Å²) >= 11 is 6.08. The number of hydrogen-bond acceptors (Lipinski definition) is 4. The molecule has 0 aromatic carbocycles. The van der Waals surface area contributed by atoms with Crippen LogP contribution >= 0.6 is 11.6 Å². The zero-order valence-corrected chi connectivity index (χ0v) is 13.1. The minimum atomic E-state index is -0.154. The lowest BCUT2D eigenvalue weighted by Gasteiger charge is -2.26. The molecule has 0 radical (unpaired) electrons. The summed E-state index contributed by atoms with van der Waals surface area (Å²) in [6, 6.07) is 3.36. The molecular weight excluding hydrogens is 276 g/mol. The number of carbonyl (C=O) groups is 1. The molecule has 0 bridgehead atoms. The molecule has 0 aliphatic rings. The molecule has 1 heterocycles. The fourth-order valence-corrected chi connectivity index (χ4v) is 2.12. The quantitative estimate of drug-likeness (QED) is 0.461. The SMILES string of the molecule is CCCCCN(C(=O)c1nc(NN)ccc1Cl)C(C)C. The number of unbranched alkanes of at least 4 members (excludes halogenated alkanes) is 2. The van der Waals surface area contributed by atoms with Gasteiger partial charge in [-0.25, -0.2) is 10.8 Å². The highest BCUT2D eigenvalue weighted by atomic mass is 35.5. The van der Waals surface area contributed by atoms with E-state index in [-0.39, 0.29) is 17.6 Å². The molecule has 0 aliphatic carbocycles. The van der Waals surface area contributed by atoms with Crippen molar-refractivity contribution in [3.8, 4) is 0 Å². The van der Waals surface area contributed by atoms with Crippen LogP contribution < -0.4 is 11.3 Å². The van der Waals surface area contributed by atoms with Gasteiger partial charge in [-0.1, -0.05) is 31.4 Å². The maximum atomic E-state index is 12.6. The Morgan fingerprint density at radius 3 is 2.70 bits per heavy atom. The predicted molar refractivity (Wildman–Crippen MR) is 82.8 cm³/mol. The minimum absolute atomic E-state index is 0.103. The molecule has 1 amide bonds. The number of rotatable bonds is 7. The van der Waals surface area contributed by atoms with E-state index in [4.69, 9.17) is 17.4 Å². The highest BCUT2D eigenvalue weighted by molar-refractivity contribution is 6.33. The first kappa shape index (κ1) is 16.7. The average molecular weight is 299 g/mol. The predicted octanol–water partition coefficient (Wildman–Crippen LogP) is 3.06. The Bertz CT molecular complexity index is 451. The van der Waals surface area contributed by atoms with E-state index in [1.165, 1.54) is 0 Å². The fraction of sp³-hybridized carbons (Fsp3) is 0.571. The maximum absolute atomic E-state index is 12.6. The van der Waals surface area contributed by atoms with Crippen molar-refractivity contribution in [1.29, 1.82) is 0 Å². The van der Waals surface area contributed by atoms with Crippen molar-refractivity contribution in [3.05, 3.63) is 22.8 Å². The first-order valence-corrected chi connectivity index (χ1v) is 7.33. The zero-order chi connectivity index (χ0) is 15.1. The molecular formula is C14H23ClN4O. The van der Waals surface area contributed by atoms with E-state index in [1.54, 1.807) is 17.0 Å². The van der Waals surface area contributed by atoms with Crippen molar-refractivity contribution < 1.29 is 4.79 Å². The number of nitrogens with one attached hydrogen (secondary N) is 1. The summed E-state index contributed by atoms with van der Waals surface area (Å²) in [5, 5.41) is 0.343. The second-order valence-electron chi connectivity index (χ2n) is 4.97. The van der Waals surface area contributed by atoms with E-state index in [0.29, 0.717) is 17.4 Å². The Kier molecular flexibility index (Phi) is 6.75. The van der Waals surface area contributed by atoms with Crippen LogP contribution in [0.2, 0.25) is 5.02 Å². The second kappa shape index (κ2) is 8.07. The van der Waals surface area contributed by atoms with Crippen molar-refractivity contribution in [3.63, 3.8) is 0 Å². The molecule has 6 heteroatoms. The zero-order valence-electron chi connectivity index (χ0n) is 12.3. The summed E-state index contributed by atoms with van der Waals surface area (Å²) in [6.07, 6.45) is 3.20. The number of pyridine rings is 1. The number of aromatic nitrogens is 1. The van der Waals surface area contributed by atoms with Crippen LogP contribution in [0.15, 0.2) is 12.1 Å². The third kappa shape index (κ3) is 4.35. The van der Waals surface area contributed by atoms with E-state index in [1.807, 2.05) is 13.8 Å². The van der Waals surface area contributed by atoms with Gasteiger partial charge in [-0.3, -0.25) is 4.79 Å². The molecule has 0 spiro atoms. The molecule has 0 saturated heterocycles. The monoisotopic (exact) mass is 298 g/mol. The Morgan fingerprint density at radius 2 is 2.15 bits per heavy atom. The van der Waals surface area contributed by atoms with Gasteiger partial charge in [-0.05, 0) is 32.4 Å². The highest BCUT2D eigenvalue weighted by Crippen LogP contribution is 2.19. The van der Waals surface area contributed by atoms with Gasteiger partial charge >= 0.3 is 0 Å². The van der Waals surface area contributed by atoms with Gasteiger partial charge in [0, 0.05) is 12.6 Å². The number of anilines is 1. The minimum Gasteiger partial charge on any atom is -0.335 e. The average Bonchev–Trinajstić information content (AvgIpc) is 2.43. The number of amides is 1. The lowest BCUT2D eigenvalue weighted by molar-refractivity contribution is 0.0696. The molecule has 20 heavy (non-hydrogen) atoms. The topological polar surface area (TPSA) is 71.2 Å². The van der Waals surface area contributed by atoms with Crippen LogP contribution in [-0.2, 0) is 0 Å². The van der Waals surface area contributed by atoms with E-state index in [0.717, 1.165) is 19.3 Å². The van der Waals surface area contributed by atoms with E-state index >= 15 is 0 Å². The van der Waals surface area contributed by atoms with Crippen molar-refractivity contribution in [1.82, 2.24) is 9.88 Å². The van der Waals surface area contributed by atoms with Crippen LogP contribution in [0.3, 0.4) is 0 Å². The van der Waals surface area contributed by atoms with Gasteiger partial charge < -0.3 is 10.3 Å². The van der Waals surface area contributed by atoms with Crippen molar-refractivity contribution in [2.45, 2.75) is 46.1 Å². The summed E-state index contributed by atoms with van der Waals surface area (Å²) in [4.78, 5) is 18.5. The Balaban J connectivity index is 2.93. The van der Waals surface area contributed by atoms with Crippen molar-refractivity contribution in [2.24, 2.45) is 5.84 Å². The Hall–Kier alpha value is -1.33. The van der Waals surface area contributed by atoms with Gasteiger partial charge in [-0.15, -0.1) is 0 Å². The molecule has 1 aromatic rings. The molecule has 1 rings (SSSR count). The molecule has 3 N–H and O–H groups in total. The van der Waals surface area contributed by atoms with Gasteiger partial charge in [0.1, 0.15) is 11.5 Å². The smallest absolute Gasteiger partial charge is 0.274 e. The summed E-state index contributed by atoms with van der Waals surface area (Å²) in [7, 11) is 0. The van der Waals surface area contributed by atoms with E-state index < -0.39 is 0 Å². The van der Waals surface area contributed by atoms with Gasteiger partial charge in [0.15, 0.2) is 0 Å². The highest BCUT2D eigenvalue weighted by Gasteiger charge is 2.22. The normalized spacial score (nSPS) is 10.7. The molecule has 0 saturated carbocycles. The number of halogens is 1. The van der Waals surface area contributed by atoms with E-state index in [9.17, 15) is 4.79 Å². The number of carbonyl (C=O) groups excluding carboxylic acids is 1. The number of nitrogens with two attached hydrogens (primary N) is 1. The molecule has 5 nitrogen and oxygen atoms in total. The van der Waals surface area contributed by atoms with Crippen LogP contribution in [0.25, 0.3) is 0 Å². The lowest BCUT2D eigenvalue weighted by Crippen LogP contribution is -2.38. The van der Waals surface area contributed by atoms with Crippen LogP contribution in [-0.4, -0.2) is 28.4 Å². The van der Waals surface area contributed by atoms with Crippen molar-refractivity contribution in [2.75, 3.05) is 12.0 Å². The largest absolute Gasteiger partial charge is 0.335 e. The lowest BCUT2D eigenvalue weighted by atomic mass is 10.2. The van der Waals surface area contributed by atoms with Crippen LogP contribution in [0.5, 0.6) is 0 Å². The van der Waals surface area contributed by atoms with Gasteiger partial charge in [-0.2, -0.15) is 0 Å². The molecule has 0 atom stereocenters. The third-order valence-corrected chi connectivity index (χ3v) is 3.39. The molecule has 0 unspecified atom stereocenters. The van der Waals surface area contributed by atoms with Crippen LogP contribution in [0, 0.1) is 0 Å². The first-order valence-electron chi connectivity index (χ1n) is 6.95. The van der Waals surface area contributed by atoms with Crippen LogP contribution in [0.4, 0.5) is 5.82 Å². The van der Waals surface area contributed by atoms with Gasteiger partial charge in [0.05, 0.1) is 5.02 Å². The summed E-state index contributed by atoms with van der Waals surface area (Å²) < 4.78 is 0. The molecule has 112 valence electrons. The first-order chi connectivity index (χ1) is 9.51. The number of hydrogen-bond donors (Lipinski definition) is 2. The number of hydrazine groups is 1. The summed E-state index contributed by atoms with van der Waals surface area (Å²) in [6.45, 7) is 6.82. The number of nitrogen functional groups attached to an aromatic ring is 1. The maximum Gasteiger partial charge on any atom is 0.274 e. The van der Waals surface area contributed by atoms with Gasteiger partial charge in [0.2, 0.25) is 0 Å². The Morgan fingerprint density at radius 1 is 1.45 bits per heavy atom. The van der Waals surface area contributed by atoms with Crippen LogP contribution in [0.1, 0.15) is 50.5 Å². The standard InChI is InChI=1S/C14H23ClN4O/c1-4-5-6-9-19(10(2)3)14(20)13-11(15)7-8-12(17-13)18-16/h7-8,10H,4-6,9,16H2,1-3H3,(H,17,18). The third-order valence-electron chi connectivity index (χ3n) is 3.08. The molecule has 1 aromatic heterocycles. The fourth-order valence-electron chi connectivity index (χ4n) is 1.93. The van der Waals surface area contributed by atoms with E-state index in [2.05, 4.69) is 17.3 Å². The number of nitrogens with zero attached hydrogens (tertiary/aromatic N) is 2. The Labute approximate surface area is 125 Å². The summed E-state index contributed by atoms with van der Waals surface area (Å²) in [5.41, 5.74) is 2.67. The molecule has 0 fully saturated rings. The second-order valence-corrected chi connectivity index (χ2v) is 5.38. The molecule has 0 aliphatic heterocycles. The van der Waals surface area contributed by atoms with Gasteiger partial charge in [0.25, 0.3) is 5.91 Å².